The van der Waals surface area contributed by atoms with E-state index in [9.17, 15) is 4.79 Å². The van der Waals surface area contributed by atoms with Gasteiger partial charge in [0.2, 0.25) is 0 Å². The molecule has 0 aliphatic carbocycles. The zero-order chi connectivity index (χ0) is 19.2. The molecule has 3 aromatic carbocycles. The van der Waals surface area contributed by atoms with E-state index < -0.39 is 5.97 Å². The minimum atomic E-state index is -0.490. The van der Waals surface area contributed by atoms with Crippen LogP contribution in [0, 0.1) is 0 Å². The van der Waals surface area contributed by atoms with Crippen molar-refractivity contribution in [2.24, 2.45) is 0 Å². The largest absolute Gasteiger partial charge is 0.456 e. The van der Waals surface area contributed by atoms with Crippen molar-refractivity contribution in [3.8, 4) is 22.8 Å². The molecule has 0 spiro atoms. The number of para-hydroxylation sites is 2. The van der Waals surface area contributed by atoms with Gasteiger partial charge in [0.05, 0.1) is 0 Å². The fourth-order valence-corrected chi connectivity index (χ4v) is 2.68. The first-order valence-corrected chi connectivity index (χ1v) is 8.80. The first kappa shape index (κ1) is 17.5. The molecule has 0 amide bonds. The van der Waals surface area contributed by atoms with E-state index in [-0.39, 0.29) is 6.61 Å². The predicted octanol–water partition coefficient (Wildman–Crippen LogP) is 5.49. The van der Waals surface area contributed by atoms with Crippen molar-refractivity contribution in [3.05, 3.63) is 102 Å². The normalized spacial score (nSPS) is 10.4. The number of nitrogens with zero attached hydrogens (tertiary/aromatic N) is 1. The van der Waals surface area contributed by atoms with Crippen molar-refractivity contribution in [1.29, 1.82) is 0 Å². The molecule has 4 rings (SSSR count). The maximum Gasteiger partial charge on any atom is 0.342 e. The predicted molar refractivity (Wildman–Crippen MR) is 104 cm³/mol. The van der Waals surface area contributed by atoms with E-state index in [0.29, 0.717) is 28.5 Å². The number of carbonyl (C=O) groups excluding carboxylic acids is 1. The van der Waals surface area contributed by atoms with Gasteiger partial charge in [0.25, 0.3) is 0 Å². The molecule has 0 aliphatic rings. The number of hydrogen-bond acceptors (Lipinski definition) is 5. The van der Waals surface area contributed by atoms with Gasteiger partial charge in [-0.3, -0.25) is 0 Å². The number of benzene rings is 3. The van der Waals surface area contributed by atoms with Crippen molar-refractivity contribution >= 4 is 5.97 Å². The SMILES string of the molecule is O=C(OCc1cc(-c2ccccc2)on1)c1ccccc1Oc1ccccc1. The first-order valence-electron chi connectivity index (χ1n) is 8.80. The molecule has 1 heterocycles. The van der Waals surface area contributed by atoms with Crippen molar-refractivity contribution in [2.75, 3.05) is 0 Å². The van der Waals surface area contributed by atoms with Gasteiger partial charge in [0.15, 0.2) is 5.76 Å². The van der Waals surface area contributed by atoms with E-state index >= 15 is 0 Å². The summed E-state index contributed by atoms with van der Waals surface area (Å²) in [5.74, 6) is 1.21. The standard InChI is InChI=1S/C23H17NO4/c25-23(20-13-7-8-14-21(20)27-19-11-5-2-6-12-19)26-16-18-15-22(28-24-18)17-9-3-1-4-10-17/h1-15H,16H2. The van der Waals surface area contributed by atoms with Gasteiger partial charge < -0.3 is 14.0 Å². The summed E-state index contributed by atoms with van der Waals surface area (Å²) >= 11 is 0. The number of ether oxygens (including phenoxy) is 2. The molecule has 138 valence electrons. The van der Waals surface area contributed by atoms with Crippen molar-refractivity contribution in [1.82, 2.24) is 5.16 Å². The van der Waals surface area contributed by atoms with Gasteiger partial charge in [-0.1, -0.05) is 65.8 Å². The fourth-order valence-electron chi connectivity index (χ4n) is 2.68. The Morgan fingerprint density at radius 2 is 1.54 bits per heavy atom. The first-order chi connectivity index (χ1) is 13.8. The Kier molecular flexibility index (Phi) is 5.15. The van der Waals surface area contributed by atoms with E-state index in [1.807, 2.05) is 60.7 Å². The lowest BCUT2D eigenvalue weighted by Gasteiger charge is -2.10. The quantitative estimate of drug-likeness (QED) is 0.419. The highest BCUT2D eigenvalue weighted by Crippen LogP contribution is 2.26. The Labute approximate surface area is 162 Å². The van der Waals surface area contributed by atoms with Crippen LogP contribution in [0.5, 0.6) is 11.5 Å². The molecule has 5 nitrogen and oxygen atoms in total. The molecule has 0 saturated heterocycles. The molecule has 0 radical (unpaired) electrons. The highest BCUT2D eigenvalue weighted by atomic mass is 16.5. The third kappa shape index (κ3) is 4.10. The van der Waals surface area contributed by atoms with Crippen LogP contribution in [-0.2, 0) is 11.3 Å². The molecule has 1 aromatic heterocycles. The lowest BCUT2D eigenvalue weighted by Crippen LogP contribution is -2.07. The van der Waals surface area contributed by atoms with Gasteiger partial charge in [-0.2, -0.15) is 0 Å². The zero-order valence-corrected chi connectivity index (χ0v) is 14.9. The molecule has 0 N–H and O–H groups in total. The van der Waals surface area contributed by atoms with Crippen LogP contribution in [-0.4, -0.2) is 11.1 Å². The third-order valence-corrected chi connectivity index (χ3v) is 4.05. The second kappa shape index (κ2) is 8.22. The van der Waals surface area contributed by atoms with Crippen LogP contribution in [0.25, 0.3) is 11.3 Å². The lowest BCUT2D eigenvalue weighted by molar-refractivity contribution is 0.0461. The van der Waals surface area contributed by atoms with Crippen molar-refractivity contribution < 1.29 is 18.8 Å². The molecule has 0 aliphatic heterocycles. The van der Waals surface area contributed by atoms with Gasteiger partial charge in [-0.05, 0) is 24.3 Å². The maximum absolute atomic E-state index is 12.5. The lowest BCUT2D eigenvalue weighted by atomic mass is 10.2. The highest BCUT2D eigenvalue weighted by molar-refractivity contribution is 5.92. The summed E-state index contributed by atoms with van der Waals surface area (Å²) < 4.78 is 16.5. The highest BCUT2D eigenvalue weighted by Gasteiger charge is 2.16. The fraction of sp³-hybridized carbons (Fsp3) is 0.0435. The molecule has 0 unspecified atom stereocenters. The summed E-state index contributed by atoms with van der Waals surface area (Å²) in [5, 5.41) is 3.96. The van der Waals surface area contributed by atoms with E-state index in [0.717, 1.165) is 5.56 Å². The Morgan fingerprint density at radius 1 is 0.857 bits per heavy atom. The van der Waals surface area contributed by atoms with Crippen LogP contribution < -0.4 is 4.74 Å². The smallest absolute Gasteiger partial charge is 0.342 e. The van der Waals surface area contributed by atoms with Crippen molar-refractivity contribution in [2.45, 2.75) is 6.61 Å². The summed E-state index contributed by atoms with van der Waals surface area (Å²) in [4.78, 5) is 12.5. The molecule has 0 fully saturated rings. The summed E-state index contributed by atoms with van der Waals surface area (Å²) in [7, 11) is 0. The minimum absolute atomic E-state index is 0.00877. The van der Waals surface area contributed by atoms with Crippen LogP contribution in [0.4, 0.5) is 0 Å². The average molecular weight is 371 g/mol. The molecular formula is C23H17NO4. The Hall–Kier alpha value is -3.86. The van der Waals surface area contributed by atoms with Crippen LogP contribution in [0.1, 0.15) is 16.1 Å². The minimum Gasteiger partial charge on any atom is -0.456 e. The second-order valence-electron chi connectivity index (χ2n) is 6.04. The summed E-state index contributed by atoms with van der Waals surface area (Å²) in [6.07, 6.45) is 0. The molecule has 4 aromatic rings. The van der Waals surface area contributed by atoms with E-state index in [1.165, 1.54) is 0 Å². The second-order valence-corrected chi connectivity index (χ2v) is 6.04. The zero-order valence-electron chi connectivity index (χ0n) is 14.9. The van der Waals surface area contributed by atoms with Crippen LogP contribution >= 0.6 is 0 Å². The number of aromatic nitrogens is 1. The van der Waals surface area contributed by atoms with Gasteiger partial charge in [0, 0.05) is 11.6 Å². The monoisotopic (exact) mass is 371 g/mol. The van der Waals surface area contributed by atoms with Crippen molar-refractivity contribution in [3.63, 3.8) is 0 Å². The number of rotatable bonds is 6. The van der Waals surface area contributed by atoms with Crippen LogP contribution in [0.15, 0.2) is 95.5 Å². The van der Waals surface area contributed by atoms with E-state index in [1.54, 1.807) is 30.3 Å². The topological polar surface area (TPSA) is 61.6 Å². The Balaban J connectivity index is 1.44. The molecular weight excluding hydrogens is 354 g/mol. The Bertz CT molecular complexity index is 1060. The maximum atomic E-state index is 12.5. The van der Waals surface area contributed by atoms with Crippen LogP contribution in [0.3, 0.4) is 0 Å². The van der Waals surface area contributed by atoms with E-state index in [2.05, 4.69) is 5.16 Å². The third-order valence-electron chi connectivity index (χ3n) is 4.05. The van der Waals surface area contributed by atoms with E-state index in [4.69, 9.17) is 14.0 Å². The molecule has 5 heteroatoms. The summed E-state index contributed by atoms with van der Waals surface area (Å²) in [6, 6.07) is 27.6. The number of carbonyl (C=O) groups is 1. The molecule has 0 saturated carbocycles. The van der Waals surface area contributed by atoms with Gasteiger partial charge in [-0.25, -0.2) is 4.79 Å². The Morgan fingerprint density at radius 3 is 2.32 bits per heavy atom. The molecule has 28 heavy (non-hydrogen) atoms. The van der Waals surface area contributed by atoms with Gasteiger partial charge in [-0.15, -0.1) is 0 Å². The van der Waals surface area contributed by atoms with Gasteiger partial charge >= 0.3 is 5.97 Å². The number of hydrogen-bond donors (Lipinski definition) is 0. The summed E-state index contributed by atoms with van der Waals surface area (Å²) in [5.41, 5.74) is 1.79. The molecule has 0 atom stereocenters. The van der Waals surface area contributed by atoms with Gasteiger partial charge in [0.1, 0.15) is 29.4 Å². The molecule has 0 bridgehead atoms. The average Bonchev–Trinajstić information content (AvgIpc) is 3.23. The summed E-state index contributed by atoms with van der Waals surface area (Å²) in [6.45, 7) is 0.00877. The number of esters is 1. The van der Waals surface area contributed by atoms with Crippen LogP contribution in [0.2, 0.25) is 0 Å².